The molecule has 0 saturated heterocycles. The summed E-state index contributed by atoms with van der Waals surface area (Å²) < 4.78 is 0. The van der Waals surface area contributed by atoms with Crippen molar-refractivity contribution in [2.75, 3.05) is 6.54 Å². The second-order valence-corrected chi connectivity index (χ2v) is 5.05. The lowest BCUT2D eigenvalue weighted by atomic mass is 10.2. The highest BCUT2D eigenvalue weighted by Gasteiger charge is 1.98. The Kier molecular flexibility index (Phi) is 5.24. The zero-order valence-electron chi connectivity index (χ0n) is 10.6. The minimum atomic E-state index is 0.896. The van der Waals surface area contributed by atoms with Crippen LogP contribution in [-0.2, 0) is 12.3 Å². The van der Waals surface area contributed by atoms with Crippen molar-refractivity contribution in [2.45, 2.75) is 24.2 Å². The van der Waals surface area contributed by atoms with Crippen LogP contribution in [0, 0.1) is 0 Å². The monoisotopic (exact) mass is 258 g/mol. The van der Waals surface area contributed by atoms with Crippen molar-refractivity contribution in [3.63, 3.8) is 0 Å². The van der Waals surface area contributed by atoms with Gasteiger partial charge in [-0.05, 0) is 23.7 Å². The predicted molar refractivity (Wildman–Crippen MR) is 77.6 cm³/mol. The molecule has 94 valence electrons. The van der Waals surface area contributed by atoms with Gasteiger partial charge >= 0.3 is 0 Å². The molecule has 18 heavy (non-hydrogen) atoms. The minimum absolute atomic E-state index is 0.896. The van der Waals surface area contributed by atoms with Crippen molar-refractivity contribution in [2.24, 2.45) is 0 Å². The summed E-state index contributed by atoms with van der Waals surface area (Å²) in [7, 11) is 0. The molecule has 0 atom stereocenters. The van der Waals surface area contributed by atoms with E-state index in [0.717, 1.165) is 23.9 Å². The van der Waals surface area contributed by atoms with Gasteiger partial charge in [-0.1, -0.05) is 43.3 Å². The standard InChI is InChI=1S/C15H18N2S/c1-2-16-10-14-8-9-15(17-11-14)18-12-13-6-4-3-5-7-13/h3-9,11,16H,2,10,12H2,1H3. The zero-order chi connectivity index (χ0) is 12.6. The van der Waals surface area contributed by atoms with Crippen molar-refractivity contribution >= 4 is 11.8 Å². The van der Waals surface area contributed by atoms with Crippen LogP contribution in [0.5, 0.6) is 0 Å². The third-order valence-electron chi connectivity index (χ3n) is 2.61. The number of nitrogens with one attached hydrogen (secondary N) is 1. The van der Waals surface area contributed by atoms with Crippen molar-refractivity contribution in [1.82, 2.24) is 10.3 Å². The van der Waals surface area contributed by atoms with Crippen molar-refractivity contribution in [1.29, 1.82) is 0 Å². The Morgan fingerprint density at radius 3 is 2.56 bits per heavy atom. The van der Waals surface area contributed by atoms with E-state index in [9.17, 15) is 0 Å². The maximum absolute atomic E-state index is 4.47. The average Bonchev–Trinajstić information content (AvgIpc) is 2.45. The van der Waals surface area contributed by atoms with E-state index in [4.69, 9.17) is 0 Å². The van der Waals surface area contributed by atoms with E-state index in [2.05, 4.69) is 53.6 Å². The first kappa shape index (κ1) is 13.1. The quantitative estimate of drug-likeness (QED) is 0.803. The third kappa shape index (κ3) is 4.17. The highest BCUT2D eigenvalue weighted by Crippen LogP contribution is 2.20. The summed E-state index contributed by atoms with van der Waals surface area (Å²) in [5, 5.41) is 4.38. The summed E-state index contributed by atoms with van der Waals surface area (Å²) in [5.74, 6) is 0.973. The molecule has 3 heteroatoms. The van der Waals surface area contributed by atoms with Crippen LogP contribution in [0.3, 0.4) is 0 Å². The van der Waals surface area contributed by atoms with Gasteiger partial charge in [0.1, 0.15) is 0 Å². The third-order valence-corrected chi connectivity index (χ3v) is 3.62. The Labute approximate surface area is 113 Å². The fourth-order valence-electron chi connectivity index (χ4n) is 1.60. The highest BCUT2D eigenvalue weighted by molar-refractivity contribution is 7.98. The number of hydrogen-bond donors (Lipinski definition) is 1. The first-order chi connectivity index (χ1) is 8.88. The van der Waals surface area contributed by atoms with Crippen LogP contribution in [0.1, 0.15) is 18.1 Å². The van der Waals surface area contributed by atoms with Gasteiger partial charge in [-0.15, -0.1) is 11.8 Å². The molecule has 0 unspecified atom stereocenters. The van der Waals surface area contributed by atoms with Crippen LogP contribution in [0.15, 0.2) is 53.7 Å². The summed E-state index contributed by atoms with van der Waals surface area (Å²) in [5.41, 5.74) is 2.57. The molecule has 2 aromatic rings. The summed E-state index contributed by atoms with van der Waals surface area (Å²) in [6.07, 6.45) is 1.95. The molecule has 0 aliphatic rings. The Bertz CT molecular complexity index is 454. The van der Waals surface area contributed by atoms with E-state index in [1.54, 1.807) is 11.8 Å². The van der Waals surface area contributed by atoms with E-state index in [1.165, 1.54) is 11.1 Å². The largest absolute Gasteiger partial charge is 0.313 e. The number of hydrogen-bond acceptors (Lipinski definition) is 3. The fourth-order valence-corrected chi connectivity index (χ4v) is 2.40. The molecule has 2 rings (SSSR count). The van der Waals surface area contributed by atoms with Crippen LogP contribution in [-0.4, -0.2) is 11.5 Å². The second kappa shape index (κ2) is 7.19. The molecule has 1 N–H and O–H groups in total. The van der Waals surface area contributed by atoms with Gasteiger partial charge in [0.15, 0.2) is 0 Å². The lowest BCUT2D eigenvalue weighted by Crippen LogP contribution is -2.11. The molecule has 0 spiro atoms. The second-order valence-electron chi connectivity index (χ2n) is 4.06. The van der Waals surface area contributed by atoms with Crippen LogP contribution in [0.25, 0.3) is 0 Å². The molecule has 0 saturated carbocycles. The van der Waals surface area contributed by atoms with Crippen molar-refractivity contribution in [3.05, 3.63) is 59.8 Å². The Morgan fingerprint density at radius 2 is 1.89 bits per heavy atom. The number of pyridine rings is 1. The van der Waals surface area contributed by atoms with Crippen molar-refractivity contribution < 1.29 is 0 Å². The van der Waals surface area contributed by atoms with E-state index in [0.29, 0.717) is 0 Å². The van der Waals surface area contributed by atoms with Crippen LogP contribution >= 0.6 is 11.8 Å². The molecule has 0 aliphatic carbocycles. The normalized spacial score (nSPS) is 10.5. The molecule has 0 amide bonds. The lowest BCUT2D eigenvalue weighted by molar-refractivity contribution is 0.723. The van der Waals surface area contributed by atoms with E-state index in [1.807, 2.05) is 12.3 Å². The van der Waals surface area contributed by atoms with Gasteiger partial charge in [-0.2, -0.15) is 0 Å². The molecule has 1 aromatic carbocycles. The molecule has 2 nitrogen and oxygen atoms in total. The van der Waals surface area contributed by atoms with Gasteiger partial charge in [-0.25, -0.2) is 4.98 Å². The maximum atomic E-state index is 4.47. The topological polar surface area (TPSA) is 24.9 Å². The molecule has 1 aromatic heterocycles. The van der Waals surface area contributed by atoms with Gasteiger partial charge in [0.25, 0.3) is 0 Å². The van der Waals surface area contributed by atoms with Crippen LogP contribution in [0.4, 0.5) is 0 Å². The summed E-state index contributed by atoms with van der Waals surface area (Å²) in [4.78, 5) is 4.47. The minimum Gasteiger partial charge on any atom is -0.313 e. The zero-order valence-corrected chi connectivity index (χ0v) is 11.4. The molecular formula is C15H18N2S. The molecular weight excluding hydrogens is 240 g/mol. The fraction of sp³-hybridized carbons (Fsp3) is 0.267. The van der Waals surface area contributed by atoms with E-state index >= 15 is 0 Å². The summed E-state index contributed by atoms with van der Waals surface area (Å²) in [6, 6.07) is 14.7. The van der Waals surface area contributed by atoms with Crippen molar-refractivity contribution in [3.8, 4) is 0 Å². The Balaban J connectivity index is 1.86. The molecule has 0 radical (unpaired) electrons. The van der Waals surface area contributed by atoms with Crippen LogP contribution in [0.2, 0.25) is 0 Å². The number of thioether (sulfide) groups is 1. The Morgan fingerprint density at radius 1 is 1.06 bits per heavy atom. The number of nitrogens with zero attached hydrogens (tertiary/aromatic N) is 1. The molecule has 0 fully saturated rings. The number of benzene rings is 1. The van der Waals surface area contributed by atoms with E-state index in [-0.39, 0.29) is 0 Å². The van der Waals surface area contributed by atoms with Gasteiger partial charge in [-0.3, -0.25) is 0 Å². The maximum Gasteiger partial charge on any atom is 0.0963 e. The average molecular weight is 258 g/mol. The Hall–Kier alpha value is -1.32. The molecule has 1 heterocycles. The van der Waals surface area contributed by atoms with Gasteiger partial charge in [0.05, 0.1) is 5.03 Å². The van der Waals surface area contributed by atoms with E-state index < -0.39 is 0 Å². The molecule has 0 bridgehead atoms. The summed E-state index contributed by atoms with van der Waals surface area (Å²) >= 11 is 1.77. The number of aromatic nitrogens is 1. The van der Waals surface area contributed by atoms with Gasteiger partial charge in [0.2, 0.25) is 0 Å². The van der Waals surface area contributed by atoms with Gasteiger partial charge in [0, 0.05) is 18.5 Å². The van der Waals surface area contributed by atoms with Gasteiger partial charge < -0.3 is 5.32 Å². The summed E-state index contributed by atoms with van der Waals surface area (Å²) in [6.45, 7) is 4.00. The lowest BCUT2D eigenvalue weighted by Gasteiger charge is -2.04. The SMILES string of the molecule is CCNCc1ccc(SCc2ccccc2)nc1. The molecule has 0 aliphatic heterocycles. The first-order valence-corrected chi connectivity index (χ1v) is 7.19. The number of rotatable bonds is 6. The predicted octanol–water partition coefficient (Wildman–Crippen LogP) is 3.48. The first-order valence-electron chi connectivity index (χ1n) is 6.21. The van der Waals surface area contributed by atoms with Crippen LogP contribution < -0.4 is 5.32 Å². The highest BCUT2D eigenvalue weighted by atomic mass is 32.2. The smallest absolute Gasteiger partial charge is 0.0963 e.